The number of benzene rings is 1. The summed E-state index contributed by atoms with van der Waals surface area (Å²) in [6.45, 7) is 11.7. The van der Waals surface area contributed by atoms with Crippen LogP contribution in [0.15, 0.2) is 55.0 Å². The fraction of sp³-hybridized carbons (Fsp3) is 0.424. The number of hydrogen-bond donors (Lipinski definition) is 2. The number of carbonyl (C=O) groups excluding carboxylic acids is 1. The Labute approximate surface area is 256 Å². The monoisotopic (exact) mass is 594 g/mol. The first-order chi connectivity index (χ1) is 21.4. The zero-order valence-electron chi connectivity index (χ0n) is 25.0. The van der Waals surface area contributed by atoms with E-state index in [2.05, 4.69) is 51.7 Å². The summed E-state index contributed by atoms with van der Waals surface area (Å²) in [6, 6.07) is 14.0. The molecule has 2 atom stereocenters. The van der Waals surface area contributed by atoms with E-state index in [-0.39, 0.29) is 17.9 Å². The van der Waals surface area contributed by atoms with Crippen LogP contribution in [0.2, 0.25) is 0 Å². The molecule has 2 N–H and O–H groups in total. The van der Waals surface area contributed by atoms with Crippen LogP contribution in [0.4, 0.5) is 0 Å². The first-order valence-electron chi connectivity index (χ1n) is 15.5. The van der Waals surface area contributed by atoms with E-state index in [1.165, 1.54) is 0 Å². The standard InChI is InChI=1S/C26H26N6O.C7H12N2O2/c1-17-3-2-4-22(30-17)26-25(28-16-29-26)19-5-6-21-20(13-19)11-18(14-27-21)12-24(33)23-15-31-7-9-32(23)10-8-31;10-7(11)6-5-8-1-3-9(6)4-2-8/h2-6,11,13-14,16,23H,7-10,12,15H2,1H3,(H,28,29);6H,1-5H2,(H,10,11). The first kappa shape index (κ1) is 28.7. The van der Waals surface area contributed by atoms with Crippen molar-refractivity contribution < 1.29 is 14.7 Å². The lowest BCUT2D eigenvalue weighted by Crippen LogP contribution is -2.63. The third kappa shape index (κ3) is 5.88. The van der Waals surface area contributed by atoms with Crippen molar-refractivity contribution in [2.24, 2.45) is 0 Å². The minimum Gasteiger partial charge on any atom is -0.480 e. The van der Waals surface area contributed by atoms with E-state index >= 15 is 0 Å². The van der Waals surface area contributed by atoms with Crippen LogP contribution in [-0.2, 0) is 16.0 Å². The molecule has 44 heavy (non-hydrogen) atoms. The molecule has 228 valence electrons. The zero-order chi connectivity index (χ0) is 30.2. The summed E-state index contributed by atoms with van der Waals surface area (Å²) < 4.78 is 0. The number of piperazine rings is 6. The molecular weight excluding hydrogens is 556 g/mol. The highest BCUT2D eigenvalue weighted by molar-refractivity contribution is 5.90. The van der Waals surface area contributed by atoms with Gasteiger partial charge in [-0.05, 0) is 42.8 Å². The highest BCUT2D eigenvalue weighted by atomic mass is 16.4. The summed E-state index contributed by atoms with van der Waals surface area (Å²) in [5.74, 6) is -0.383. The SMILES string of the molecule is Cc1cccc(-c2[nH]cnc2-c2ccc3ncc(CC(=O)C4CN5CCN4CC5)cc3c2)n1.O=C(O)C1CN2CCN1CC2. The summed E-state index contributed by atoms with van der Waals surface area (Å²) >= 11 is 0. The molecule has 4 bridgehead atoms. The highest BCUT2D eigenvalue weighted by Gasteiger charge is 2.37. The number of carbonyl (C=O) groups is 2. The number of imidazole rings is 1. The third-order valence-electron chi connectivity index (χ3n) is 9.39. The van der Waals surface area contributed by atoms with Gasteiger partial charge in [-0.1, -0.05) is 12.1 Å². The lowest BCUT2D eigenvalue weighted by molar-refractivity contribution is -0.148. The molecule has 1 aromatic carbocycles. The number of nitrogens with one attached hydrogen (secondary N) is 1. The van der Waals surface area contributed by atoms with Crippen molar-refractivity contribution >= 4 is 22.7 Å². The lowest BCUT2D eigenvalue weighted by atomic mass is 9.98. The van der Waals surface area contributed by atoms with Crippen molar-refractivity contribution in [1.82, 2.24) is 39.5 Å². The Morgan fingerprint density at radius 3 is 2.20 bits per heavy atom. The van der Waals surface area contributed by atoms with Gasteiger partial charge in [0.05, 0.1) is 35.0 Å². The van der Waals surface area contributed by atoms with Crippen LogP contribution in [0.3, 0.4) is 0 Å². The van der Waals surface area contributed by atoms with Gasteiger partial charge < -0.3 is 10.1 Å². The molecule has 6 aliphatic heterocycles. The molecule has 0 radical (unpaired) electrons. The van der Waals surface area contributed by atoms with Crippen molar-refractivity contribution in [3.8, 4) is 22.6 Å². The van der Waals surface area contributed by atoms with Gasteiger partial charge in [0.25, 0.3) is 0 Å². The van der Waals surface area contributed by atoms with Crippen LogP contribution in [0.5, 0.6) is 0 Å². The van der Waals surface area contributed by atoms with Gasteiger partial charge in [-0.2, -0.15) is 0 Å². The van der Waals surface area contributed by atoms with Crippen LogP contribution in [0.25, 0.3) is 33.5 Å². The number of pyridine rings is 2. The van der Waals surface area contributed by atoms with Crippen LogP contribution in [0, 0.1) is 6.92 Å². The van der Waals surface area contributed by atoms with Gasteiger partial charge in [-0.15, -0.1) is 0 Å². The molecule has 6 saturated heterocycles. The van der Waals surface area contributed by atoms with Crippen molar-refractivity contribution in [2.75, 3.05) is 65.4 Å². The molecule has 0 spiro atoms. The number of aryl methyl sites for hydroxylation is 1. The van der Waals surface area contributed by atoms with E-state index in [4.69, 9.17) is 5.11 Å². The summed E-state index contributed by atoms with van der Waals surface area (Å²) in [5, 5.41) is 9.80. The minimum atomic E-state index is -0.672. The van der Waals surface area contributed by atoms with E-state index in [1.807, 2.05) is 43.5 Å². The average Bonchev–Trinajstić information content (AvgIpc) is 3.56. The molecule has 3 aromatic heterocycles. The van der Waals surface area contributed by atoms with E-state index in [0.717, 1.165) is 110 Å². The van der Waals surface area contributed by atoms with Gasteiger partial charge in [0.2, 0.25) is 0 Å². The van der Waals surface area contributed by atoms with E-state index in [9.17, 15) is 9.59 Å². The lowest BCUT2D eigenvalue weighted by Gasteiger charge is -2.46. The molecule has 4 aromatic rings. The van der Waals surface area contributed by atoms with Gasteiger partial charge >= 0.3 is 5.97 Å². The summed E-state index contributed by atoms with van der Waals surface area (Å²) in [6.07, 6.45) is 3.96. The number of nitrogens with zero attached hydrogens (tertiary/aromatic N) is 7. The quantitative estimate of drug-likeness (QED) is 0.344. The van der Waals surface area contributed by atoms with E-state index in [0.29, 0.717) is 6.42 Å². The summed E-state index contributed by atoms with van der Waals surface area (Å²) in [7, 11) is 0. The molecule has 0 aliphatic carbocycles. The van der Waals surface area contributed by atoms with Crippen LogP contribution >= 0.6 is 0 Å². The topological polar surface area (TPSA) is 122 Å². The second kappa shape index (κ2) is 12.2. The van der Waals surface area contributed by atoms with Crippen molar-refractivity contribution in [1.29, 1.82) is 0 Å². The maximum absolute atomic E-state index is 13.1. The van der Waals surface area contributed by atoms with Gasteiger partial charge in [-0.3, -0.25) is 39.2 Å². The number of ketones is 1. The normalized spacial score (nSPS) is 27.1. The number of hydrogen-bond acceptors (Lipinski definition) is 9. The Balaban J connectivity index is 0.000000239. The predicted molar refractivity (Wildman–Crippen MR) is 167 cm³/mol. The van der Waals surface area contributed by atoms with Crippen molar-refractivity contribution in [3.63, 3.8) is 0 Å². The summed E-state index contributed by atoms with van der Waals surface area (Å²) in [4.78, 5) is 49.8. The van der Waals surface area contributed by atoms with E-state index in [1.54, 1.807) is 6.33 Å². The van der Waals surface area contributed by atoms with Crippen LogP contribution < -0.4 is 0 Å². The zero-order valence-corrected chi connectivity index (χ0v) is 25.0. The number of carboxylic acid groups (broad SMARTS) is 1. The number of aromatic amines is 1. The first-order valence-corrected chi connectivity index (χ1v) is 15.5. The highest BCUT2D eigenvalue weighted by Crippen LogP contribution is 2.30. The molecule has 6 aliphatic rings. The fourth-order valence-corrected chi connectivity index (χ4v) is 6.91. The molecule has 9 heterocycles. The molecule has 11 nitrogen and oxygen atoms in total. The maximum atomic E-state index is 13.1. The maximum Gasteiger partial charge on any atom is 0.322 e. The predicted octanol–water partition coefficient (Wildman–Crippen LogP) is 2.18. The number of aliphatic carboxylic acids is 1. The van der Waals surface area contributed by atoms with Crippen molar-refractivity contribution in [3.05, 3.63) is 66.2 Å². The molecule has 0 saturated carbocycles. The van der Waals surface area contributed by atoms with Crippen LogP contribution in [-0.4, -0.2) is 134 Å². The second-order valence-corrected chi connectivity index (χ2v) is 12.2. The molecular formula is C33H38N8O3. The minimum absolute atomic E-state index is 0.0166. The largest absolute Gasteiger partial charge is 0.480 e. The number of H-pyrrole nitrogens is 1. The molecule has 11 heteroatoms. The van der Waals surface area contributed by atoms with Crippen LogP contribution in [0.1, 0.15) is 11.3 Å². The molecule has 10 rings (SSSR count). The second-order valence-electron chi connectivity index (χ2n) is 12.2. The Bertz CT molecular complexity index is 1670. The van der Waals surface area contributed by atoms with Gasteiger partial charge in [0, 0.05) is 94.7 Å². The third-order valence-corrected chi connectivity index (χ3v) is 9.39. The number of aromatic nitrogens is 4. The van der Waals surface area contributed by atoms with E-state index < -0.39 is 5.97 Å². The van der Waals surface area contributed by atoms with Gasteiger partial charge in [0.15, 0.2) is 5.78 Å². The number of Topliss-reactive ketones (excluding diaryl/α,β-unsaturated/α-hetero) is 1. The molecule has 2 unspecified atom stereocenters. The fourth-order valence-electron chi connectivity index (χ4n) is 6.91. The Morgan fingerprint density at radius 2 is 1.59 bits per heavy atom. The number of fused-ring (bicyclic) bond motifs is 7. The smallest absolute Gasteiger partial charge is 0.322 e. The number of carboxylic acids is 1. The Morgan fingerprint density at radius 1 is 0.886 bits per heavy atom. The molecule has 0 amide bonds. The number of rotatable bonds is 6. The average molecular weight is 595 g/mol. The van der Waals surface area contributed by atoms with Gasteiger partial charge in [-0.25, -0.2) is 4.98 Å². The summed E-state index contributed by atoms with van der Waals surface area (Å²) in [5.41, 5.74) is 6.45. The molecule has 6 fully saturated rings. The van der Waals surface area contributed by atoms with Crippen molar-refractivity contribution in [2.45, 2.75) is 25.4 Å². The Hall–Kier alpha value is -4.03. The van der Waals surface area contributed by atoms with Gasteiger partial charge in [0.1, 0.15) is 6.04 Å². The Kier molecular flexibility index (Phi) is 7.94.